The molecule has 0 saturated carbocycles. The molecule has 0 aromatic rings. The van der Waals surface area contributed by atoms with Crippen LogP contribution in [0.3, 0.4) is 0 Å². The molecule has 68 valence electrons. The lowest BCUT2D eigenvalue weighted by atomic mass is 10.2. The summed E-state index contributed by atoms with van der Waals surface area (Å²) in [7, 11) is 0. The zero-order valence-corrected chi connectivity index (χ0v) is 7.34. The minimum atomic E-state index is -0.187. The summed E-state index contributed by atoms with van der Waals surface area (Å²) in [6.45, 7) is 4.42. The molecule has 0 radical (unpaired) electrons. The minimum Gasteiger partial charge on any atom is -0.392 e. The second-order valence-corrected chi connectivity index (χ2v) is 2.76. The van der Waals surface area contributed by atoms with Gasteiger partial charge in [0, 0.05) is 6.54 Å². The molecular weight excluding hydrogens is 140 g/mol. The molecular formula is C8H20N2O. The maximum absolute atomic E-state index is 9.13. The first-order chi connectivity index (χ1) is 5.31. The van der Waals surface area contributed by atoms with E-state index in [9.17, 15) is 0 Å². The molecule has 0 spiro atoms. The van der Waals surface area contributed by atoms with Gasteiger partial charge in [0.25, 0.3) is 0 Å². The summed E-state index contributed by atoms with van der Waals surface area (Å²) in [5.41, 5.74) is 5.32. The molecule has 0 amide bonds. The highest BCUT2D eigenvalue weighted by atomic mass is 16.3. The van der Waals surface area contributed by atoms with Crippen LogP contribution in [0.25, 0.3) is 0 Å². The van der Waals surface area contributed by atoms with Crippen LogP contribution in [-0.4, -0.2) is 30.8 Å². The van der Waals surface area contributed by atoms with Crippen LogP contribution in [0.2, 0.25) is 0 Å². The van der Waals surface area contributed by atoms with E-state index < -0.39 is 0 Å². The smallest absolute Gasteiger partial charge is 0.0662 e. The number of unbranched alkanes of at least 4 members (excludes halogenated alkanes) is 1. The van der Waals surface area contributed by atoms with Gasteiger partial charge in [-0.3, -0.25) is 0 Å². The van der Waals surface area contributed by atoms with Crippen molar-refractivity contribution in [1.82, 2.24) is 5.32 Å². The lowest BCUT2D eigenvalue weighted by Gasteiger charge is -2.08. The number of nitrogens with two attached hydrogens (primary N) is 1. The Morgan fingerprint density at radius 3 is 2.73 bits per heavy atom. The van der Waals surface area contributed by atoms with Gasteiger partial charge in [-0.2, -0.15) is 0 Å². The van der Waals surface area contributed by atoms with Crippen molar-refractivity contribution in [2.75, 3.05) is 19.6 Å². The van der Waals surface area contributed by atoms with Crippen LogP contribution in [0.15, 0.2) is 0 Å². The van der Waals surface area contributed by atoms with E-state index in [0.29, 0.717) is 6.54 Å². The van der Waals surface area contributed by atoms with Crippen molar-refractivity contribution in [3.63, 3.8) is 0 Å². The largest absolute Gasteiger partial charge is 0.392 e. The van der Waals surface area contributed by atoms with Crippen molar-refractivity contribution < 1.29 is 5.11 Å². The van der Waals surface area contributed by atoms with E-state index in [1.165, 1.54) is 0 Å². The molecule has 0 aliphatic carbocycles. The SMILES string of the molecule is CCC(O)CNCCCCN. The summed E-state index contributed by atoms with van der Waals surface area (Å²) in [6.07, 6.45) is 2.80. The highest BCUT2D eigenvalue weighted by Gasteiger charge is 1.97. The van der Waals surface area contributed by atoms with Crippen LogP contribution in [0.5, 0.6) is 0 Å². The summed E-state index contributed by atoms with van der Waals surface area (Å²) in [6, 6.07) is 0. The average molecular weight is 160 g/mol. The van der Waals surface area contributed by atoms with E-state index in [0.717, 1.165) is 32.4 Å². The second kappa shape index (κ2) is 7.98. The van der Waals surface area contributed by atoms with Crippen molar-refractivity contribution >= 4 is 0 Å². The first-order valence-corrected chi connectivity index (χ1v) is 4.40. The first-order valence-electron chi connectivity index (χ1n) is 4.40. The predicted octanol–water partition coefficient (Wildman–Crippen LogP) is 0.0858. The fourth-order valence-corrected chi connectivity index (χ4v) is 0.807. The van der Waals surface area contributed by atoms with E-state index >= 15 is 0 Å². The summed E-state index contributed by atoms with van der Waals surface area (Å²) in [5.74, 6) is 0. The van der Waals surface area contributed by atoms with E-state index in [-0.39, 0.29) is 6.10 Å². The minimum absolute atomic E-state index is 0.187. The third-order valence-electron chi connectivity index (χ3n) is 1.66. The molecule has 0 bridgehead atoms. The van der Waals surface area contributed by atoms with Gasteiger partial charge >= 0.3 is 0 Å². The van der Waals surface area contributed by atoms with Crippen LogP contribution < -0.4 is 11.1 Å². The van der Waals surface area contributed by atoms with Gasteiger partial charge in [-0.25, -0.2) is 0 Å². The van der Waals surface area contributed by atoms with Crippen molar-refractivity contribution in [3.05, 3.63) is 0 Å². The lowest BCUT2D eigenvalue weighted by Crippen LogP contribution is -2.27. The third-order valence-corrected chi connectivity index (χ3v) is 1.66. The molecule has 0 heterocycles. The van der Waals surface area contributed by atoms with E-state index in [1.807, 2.05) is 6.92 Å². The molecule has 3 heteroatoms. The summed E-state index contributed by atoms with van der Waals surface area (Å²) in [4.78, 5) is 0. The quantitative estimate of drug-likeness (QED) is 0.462. The van der Waals surface area contributed by atoms with Gasteiger partial charge < -0.3 is 16.2 Å². The highest BCUT2D eigenvalue weighted by molar-refractivity contribution is 4.56. The molecule has 3 nitrogen and oxygen atoms in total. The molecule has 11 heavy (non-hydrogen) atoms. The van der Waals surface area contributed by atoms with Gasteiger partial charge in [0.05, 0.1) is 6.10 Å². The van der Waals surface area contributed by atoms with Gasteiger partial charge in [-0.1, -0.05) is 6.92 Å². The topological polar surface area (TPSA) is 58.3 Å². The number of nitrogens with one attached hydrogen (secondary N) is 1. The Bertz CT molecular complexity index is 78.5. The Hall–Kier alpha value is -0.120. The molecule has 0 aromatic carbocycles. The number of hydrogen-bond acceptors (Lipinski definition) is 3. The van der Waals surface area contributed by atoms with Crippen molar-refractivity contribution in [1.29, 1.82) is 0 Å². The van der Waals surface area contributed by atoms with Gasteiger partial charge in [-0.15, -0.1) is 0 Å². The fraction of sp³-hybridized carbons (Fsp3) is 1.00. The second-order valence-electron chi connectivity index (χ2n) is 2.76. The van der Waals surface area contributed by atoms with Crippen molar-refractivity contribution in [2.45, 2.75) is 32.3 Å². The lowest BCUT2D eigenvalue weighted by molar-refractivity contribution is 0.167. The van der Waals surface area contributed by atoms with Crippen molar-refractivity contribution in [2.24, 2.45) is 5.73 Å². The summed E-state index contributed by atoms with van der Waals surface area (Å²) < 4.78 is 0. The Labute approximate surface area is 69.0 Å². The van der Waals surface area contributed by atoms with Crippen LogP contribution in [0.1, 0.15) is 26.2 Å². The maximum atomic E-state index is 9.13. The molecule has 0 fully saturated rings. The Kier molecular flexibility index (Phi) is 7.89. The van der Waals surface area contributed by atoms with Crippen LogP contribution >= 0.6 is 0 Å². The average Bonchev–Trinajstić information content (AvgIpc) is 2.04. The molecule has 0 aliphatic rings. The van der Waals surface area contributed by atoms with E-state index in [2.05, 4.69) is 5.32 Å². The Balaban J connectivity index is 2.89. The Morgan fingerprint density at radius 2 is 2.18 bits per heavy atom. The molecule has 0 aromatic heterocycles. The number of aliphatic hydroxyl groups is 1. The summed E-state index contributed by atoms with van der Waals surface area (Å²) >= 11 is 0. The molecule has 0 aliphatic heterocycles. The number of rotatable bonds is 7. The predicted molar refractivity (Wildman–Crippen MR) is 47.5 cm³/mol. The molecule has 0 rings (SSSR count). The van der Waals surface area contributed by atoms with Crippen LogP contribution in [0.4, 0.5) is 0 Å². The van der Waals surface area contributed by atoms with Gasteiger partial charge in [0.15, 0.2) is 0 Å². The maximum Gasteiger partial charge on any atom is 0.0662 e. The zero-order valence-electron chi connectivity index (χ0n) is 7.34. The van der Waals surface area contributed by atoms with Crippen molar-refractivity contribution in [3.8, 4) is 0 Å². The molecule has 1 unspecified atom stereocenters. The van der Waals surface area contributed by atoms with Gasteiger partial charge in [0.2, 0.25) is 0 Å². The third kappa shape index (κ3) is 7.78. The molecule has 1 atom stereocenters. The highest BCUT2D eigenvalue weighted by Crippen LogP contribution is 1.87. The molecule has 0 saturated heterocycles. The number of aliphatic hydroxyl groups excluding tert-OH is 1. The standard InChI is InChI=1S/C8H20N2O/c1-2-8(11)7-10-6-4-3-5-9/h8,10-11H,2-7,9H2,1H3. The van der Waals surface area contributed by atoms with E-state index in [4.69, 9.17) is 10.8 Å². The summed E-state index contributed by atoms with van der Waals surface area (Å²) in [5, 5.41) is 12.3. The zero-order chi connectivity index (χ0) is 8.53. The van der Waals surface area contributed by atoms with E-state index in [1.54, 1.807) is 0 Å². The Morgan fingerprint density at radius 1 is 1.45 bits per heavy atom. The van der Waals surface area contributed by atoms with Gasteiger partial charge in [-0.05, 0) is 32.4 Å². The normalized spacial score (nSPS) is 13.4. The van der Waals surface area contributed by atoms with Crippen LogP contribution in [-0.2, 0) is 0 Å². The fourth-order valence-electron chi connectivity index (χ4n) is 0.807. The van der Waals surface area contributed by atoms with Gasteiger partial charge in [0.1, 0.15) is 0 Å². The molecule has 4 N–H and O–H groups in total. The monoisotopic (exact) mass is 160 g/mol. The number of hydrogen-bond donors (Lipinski definition) is 3. The first kappa shape index (κ1) is 10.9. The van der Waals surface area contributed by atoms with Crippen LogP contribution in [0, 0.1) is 0 Å².